The van der Waals surface area contributed by atoms with Crippen molar-refractivity contribution in [1.82, 2.24) is 0 Å². The van der Waals surface area contributed by atoms with Gasteiger partial charge in [0, 0.05) is 12.8 Å². The molecule has 0 amide bonds. The Morgan fingerprint density at radius 1 is 0.490 bits per heavy atom. The average Bonchev–Trinajstić information content (AvgIpc) is 3.07. The number of unbranched alkanes of at least 4 members (excludes halogenated alkanes) is 28. The Labute approximate surface area is 305 Å². The summed E-state index contributed by atoms with van der Waals surface area (Å²) in [4.78, 5) is 25.2. The summed E-state index contributed by atoms with van der Waals surface area (Å²) < 4.78 is 11.9. The van der Waals surface area contributed by atoms with Crippen molar-refractivity contribution in [2.24, 2.45) is 0 Å². The fourth-order valence-corrected chi connectivity index (χ4v) is 6.82. The van der Waals surface area contributed by atoms with E-state index in [0.717, 1.165) is 25.7 Å². The smallest absolute Gasteiger partial charge is 0.306 e. The fraction of sp³-hybridized carbons (Fsp3) is 0.953. The van der Waals surface area contributed by atoms with Crippen molar-refractivity contribution in [1.29, 1.82) is 0 Å². The molecule has 1 atom stereocenters. The molecular formula is C43H86NO5+. The second-order valence-electron chi connectivity index (χ2n) is 15.8. The first-order valence-electron chi connectivity index (χ1n) is 21.6. The molecule has 6 nitrogen and oxygen atoms in total. The van der Waals surface area contributed by atoms with Gasteiger partial charge in [0.2, 0.25) is 0 Å². The summed E-state index contributed by atoms with van der Waals surface area (Å²) in [7, 11) is 4.01. The first-order chi connectivity index (χ1) is 23.8. The van der Waals surface area contributed by atoms with Gasteiger partial charge in [-0.15, -0.1) is 0 Å². The number of carbonyl (C=O) groups is 2. The van der Waals surface area contributed by atoms with Gasteiger partial charge in [0.25, 0.3) is 0 Å². The van der Waals surface area contributed by atoms with Gasteiger partial charge < -0.3 is 19.1 Å². The van der Waals surface area contributed by atoms with Gasteiger partial charge in [0.05, 0.1) is 20.7 Å². The number of quaternary nitrogens is 1. The van der Waals surface area contributed by atoms with E-state index in [2.05, 4.69) is 13.8 Å². The Bertz CT molecular complexity index is 712. The number of ether oxygens (including phenoxy) is 2. The molecule has 0 unspecified atom stereocenters. The maximum absolute atomic E-state index is 12.7. The molecule has 0 saturated carbocycles. The van der Waals surface area contributed by atoms with Gasteiger partial charge in [0.15, 0.2) is 6.10 Å². The van der Waals surface area contributed by atoms with Gasteiger partial charge in [-0.2, -0.15) is 0 Å². The molecule has 0 aliphatic rings. The second kappa shape index (κ2) is 36.6. The van der Waals surface area contributed by atoms with Crippen LogP contribution in [0.3, 0.4) is 0 Å². The van der Waals surface area contributed by atoms with Crippen molar-refractivity contribution in [3.05, 3.63) is 0 Å². The first kappa shape index (κ1) is 47.9. The Kier molecular flexibility index (Phi) is 35.8. The van der Waals surface area contributed by atoms with E-state index in [1.54, 1.807) is 0 Å². The highest BCUT2D eigenvalue weighted by atomic mass is 16.6. The maximum atomic E-state index is 12.7. The van der Waals surface area contributed by atoms with Crippen molar-refractivity contribution in [2.45, 2.75) is 225 Å². The third kappa shape index (κ3) is 36.5. The third-order valence-corrected chi connectivity index (χ3v) is 10.1. The van der Waals surface area contributed by atoms with Crippen molar-refractivity contribution in [3.63, 3.8) is 0 Å². The SMILES string of the molecule is CCCCCCCCCCCCCCCCCC(=O)OC[C@@H](C[N+](C)(C)CCO)OC(=O)CCCCCCCCCCCCCCCCC. The van der Waals surface area contributed by atoms with Crippen LogP contribution in [0.1, 0.15) is 219 Å². The number of aliphatic hydroxyl groups is 1. The van der Waals surface area contributed by atoms with E-state index < -0.39 is 6.10 Å². The summed E-state index contributed by atoms with van der Waals surface area (Å²) in [6.45, 7) is 5.77. The number of hydrogen-bond acceptors (Lipinski definition) is 5. The van der Waals surface area contributed by atoms with Crippen LogP contribution in [0.2, 0.25) is 0 Å². The highest BCUT2D eigenvalue weighted by Crippen LogP contribution is 2.16. The molecule has 0 radical (unpaired) electrons. The van der Waals surface area contributed by atoms with Crippen LogP contribution in [0.15, 0.2) is 0 Å². The summed E-state index contributed by atoms with van der Waals surface area (Å²) in [5, 5.41) is 9.47. The lowest BCUT2D eigenvalue weighted by atomic mass is 10.0. The summed E-state index contributed by atoms with van der Waals surface area (Å²) in [6, 6.07) is 0. The minimum absolute atomic E-state index is 0.0613. The van der Waals surface area contributed by atoms with Crippen molar-refractivity contribution < 1.29 is 28.7 Å². The van der Waals surface area contributed by atoms with Crippen LogP contribution in [0.5, 0.6) is 0 Å². The number of nitrogens with zero attached hydrogens (tertiary/aromatic N) is 1. The van der Waals surface area contributed by atoms with E-state index in [1.807, 2.05) is 14.1 Å². The van der Waals surface area contributed by atoms with Gasteiger partial charge in [-0.1, -0.05) is 194 Å². The minimum Gasteiger partial charge on any atom is -0.461 e. The Balaban J connectivity index is 3.99. The van der Waals surface area contributed by atoms with E-state index >= 15 is 0 Å². The number of esters is 2. The van der Waals surface area contributed by atoms with Gasteiger partial charge in [-0.3, -0.25) is 9.59 Å². The molecule has 0 bridgehead atoms. The third-order valence-electron chi connectivity index (χ3n) is 10.1. The zero-order valence-corrected chi connectivity index (χ0v) is 33.6. The molecule has 0 heterocycles. The molecule has 0 saturated heterocycles. The molecule has 6 heteroatoms. The van der Waals surface area contributed by atoms with E-state index in [-0.39, 0.29) is 25.2 Å². The topological polar surface area (TPSA) is 72.8 Å². The Morgan fingerprint density at radius 2 is 0.796 bits per heavy atom. The quantitative estimate of drug-likeness (QED) is 0.0393. The molecule has 1 N–H and O–H groups in total. The summed E-state index contributed by atoms with van der Waals surface area (Å²) >= 11 is 0. The number of likely N-dealkylation sites (N-methyl/N-ethyl adjacent to an activating group) is 1. The molecule has 0 aromatic heterocycles. The lowest BCUT2D eigenvalue weighted by Crippen LogP contribution is -2.49. The van der Waals surface area contributed by atoms with Crippen LogP contribution < -0.4 is 0 Å². The number of hydrogen-bond donors (Lipinski definition) is 1. The largest absolute Gasteiger partial charge is 0.461 e. The van der Waals surface area contributed by atoms with Crippen molar-refractivity contribution in [3.8, 4) is 0 Å². The van der Waals surface area contributed by atoms with Gasteiger partial charge in [-0.25, -0.2) is 0 Å². The highest BCUT2D eigenvalue weighted by molar-refractivity contribution is 5.70. The normalized spacial score (nSPS) is 12.3. The molecule has 0 aliphatic heterocycles. The monoisotopic (exact) mass is 697 g/mol. The number of rotatable bonds is 39. The van der Waals surface area contributed by atoms with E-state index in [4.69, 9.17) is 9.47 Å². The first-order valence-corrected chi connectivity index (χ1v) is 21.6. The van der Waals surface area contributed by atoms with Gasteiger partial charge >= 0.3 is 11.9 Å². The zero-order valence-electron chi connectivity index (χ0n) is 33.6. The summed E-state index contributed by atoms with van der Waals surface area (Å²) in [6.07, 6.45) is 39.2. The average molecular weight is 697 g/mol. The summed E-state index contributed by atoms with van der Waals surface area (Å²) in [5.41, 5.74) is 0. The zero-order chi connectivity index (χ0) is 36.1. The molecular weight excluding hydrogens is 610 g/mol. The predicted octanol–water partition coefficient (Wildman–Crippen LogP) is 12.0. The van der Waals surface area contributed by atoms with Crippen LogP contribution in [0, 0.1) is 0 Å². The second-order valence-corrected chi connectivity index (χ2v) is 15.8. The maximum Gasteiger partial charge on any atom is 0.306 e. The van der Waals surface area contributed by atoms with Crippen LogP contribution in [-0.2, 0) is 19.1 Å². The molecule has 0 fully saturated rings. The molecule has 0 rings (SSSR count). The van der Waals surface area contributed by atoms with Crippen LogP contribution in [-0.4, -0.2) is 68.0 Å². The molecule has 0 aromatic rings. The van der Waals surface area contributed by atoms with E-state index in [9.17, 15) is 14.7 Å². The van der Waals surface area contributed by atoms with E-state index in [0.29, 0.717) is 30.4 Å². The molecule has 49 heavy (non-hydrogen) atoms. The van der Waals surface area contributed by atoms with Crippen LogP contribution >= 0.6 is 0 Å². The number of aliphatic hydroxyl groups excluding tert-OH is 1. The lowest BCUT2D eigenvalue weighted by Gasteiger charge is -2.32. The molecule has 0 aromatic carbocycles. The molecule has 0 aliphatic carbocycles. The minimum atomic E-state index is -0.490. The highest BCUT2D eigenvalue weighted by Gasteiger charge is 2.26. The van der Waals surface area contributed by atoms with Crippen molar-refractivity contribution in [2.75, 3.05) is 40.4 Å². The van der Waals surface area contributed by atoms with Crippen LogP contribution in [0.4, 0.5) is 0 Å². The fourth-order valence-electron chi connectivity index (χ4n) is 6.82. The summed E-state index contributed by atoms with van der Waals surface area (Å²) in [5.74, 6) is -0.409. The Hall–Kier alpha value is -1.14. The van der Waals surface area contributed by atoms with Gasteiger partial charge in [-0.05, 0) is 12.8 Å². The van der Waals surface area contributed by atoms with Crippen molar-refractivity contribution >= 4 is 11.9 Å². The number of carbonyl (C=O) groups excluding carboxylic acids is 2. The predicted molar refractivity (Wildman–Crippen MR) is 209 cm³/mol. The van der Waals surface area contributed by atoms with Crippen LogP contribution in [0.25, 0.3) is 0 Å². The Morgan fingerprint density at radius 3 is 1.12 bits per heavy atom. The van der Waals surface area contributed by atoms with E-state index in [1.165, 1.54) is 167 Å². The standard InChI is InChI=1S/C43H86NO5/c1-5-7-9-11-13-15-17-19-21-23-25-27-29-31-33-35-42(46)48-40-41(39-44(3,4)37-38-45)49-43(47)36-34-32-30-28-26-24-22-20-18-16-14-12-10-8-6-2/h41,45H,5-40H2,1-4H3/q+1/t41-/m1/s1. The molecule has 0 spiro atoms. The van der Waals surface area contributed by atoms with Gasteiger partial charge in [0.1, 0.15) is 19.7 Å². The molecule has 292 valence electrons. The lowest BCUT2D eigenvalue weighted by molar-refractivity contribution is -0.893.